The molecule has 2 rings (SSSR count). The average molecular weight is 304 g/mol. The van der Waals surface area contributed by atoms with Gasteiger partial charge in [-0.2, -0.15) is 11.8 Å². The van der Waals surface area contributed by atoms with Gasteiger partial charge in [-0.1, -0.05) is 24.4 Å². The predicted molar refractivity (Wildman–Crippen MR) is 85.2 cm³/mol. The summed E-state index contributed by atoms with van der Waals surface area (Å²) in [6.45, 7) is 1.15. The molecule has 1 atom stereocenters. The van der Waals surface area contributed by atoms with Gasteiger partial charge in [0.2, 0.25) is 0 Å². The lowest BCUT2D eigenvalue weighted by atomic mass is 10.1. The summed E-state index contributed by atoms with van der Waals surface area (Å²) in [6.07, 6.45) is 10.1. The van der Waals surface area contributed by atoms with Crippen LogP contribution in [0.5, 0.6) is 0 Å². The van der Waals surface area contributed by atoms with Gasteiger partial charge < -0.3 is 5.32 Å². The largest absolute Gasteiger partial charge is 0.310 e. The van der Waals surface area contributed by atoms with Gasteiger partial charge in [-0.05, 0) is 55.9 Å². The third-order valence-electron chi connectivity index (χ3n) is 3.51. The van der Waals surface area contributed by atoms with E-state index in [1.165, 1.54) is 54.7 Å². The highest BCUT2D eigenvalue weighted by molar-refractivity contribution is 7.98. The molecule has 0 bridgehead atoms. The van der Waals surface area contributed by atoms with E-state index in [9.17, 15) is 0 Å². The summed E-state index contributed by atoms with van der Waals surface area (Å²) in [5.41, 5.74) is 1.47. The first-order chi connectivity index (χ1) is 8.81. The molecule has 1 aliphatic carbocycles. The Labute approximate surface area is 124 Å². The van der Waals surface area contributed by atoms with Crippen molar-refractivity contribution in [1.82, 2.24) is 5.32 Å². The zero-order valence-electron chi connectivity index (χ0n) is 11.0. The van der Waals surface area contributed by atoms with Crippen LogP contribution in [0.1, 0.15) is 48.6 Å². The lowest BCUT2D eigenvalue weighted by Gasteiger charge is -2.12. The second-order valence-electron chi connectivity index (χ2n) is 4.88. The molecule has 0 radical (unpaired) electrons. The Balaban J connectivity index is 1.60. The monoisotopic (exact) mass is 303 g/mol. The Morgan fingerprint density at radius 1 is 1.39 bits per heavy atom. The van der Waals surface area contributed by atoms with Gasteiger partial charge >= 0.3 is 0 Å². The molecule has 4 heteroatoms. The summed E-state index contributed by atoms with van der Waals surface area (Å²) < 4.78 is 0.948. The summed E-state index contributed by atoms with van der Waals surface area (Å²) in [5, 5.41) is 3.68. The summed E-state index contributed by atoms with van der Waals surface area (Å²) in [6, 6.07) is 2.72. The van der Waals surface area contributed by atoms with Gasteiger partial charge in [-0.3, -0.25) is 0 Å². The molecular formula is C14H22ClNS2. The zero-order valence-corrected chi connectivity index (χ0v) is 13.4. The fourth-order valence-corrected chi connectivity index (χ4v) is 4.39. The summed E-state index contributed by atoms with van der Waals surface area (Å²) in [5.74, 6) is 1.31. The van der Waals surface area contributed by atoms with E-state index >= 15 is 0 Å². The van der Waals surface area contributed by atoms with Crippen molar-refractivity contribution < 1.29 is 0 Å². The maximum Gasteiger partial charge on any atom is 0.0934 e. The van der Waals surface area contributed by atoms with Crippen LogP contribution in [-0.2, 0) is 6.42 Å². The number of unbranched alkanes of at least 4 members (excludes halogenated alkanes) is 3. The number of thioether (sulfide) groups is 1. The van der Waals surface area contributed by atoms with Crippen LogP contribution in [0.15, 0.2) is 6.07 Å². The van der Waals surface area contributed by atoms with Crippen LogP contribution in [0.4, 0.5) is 0 Å². The van der Waals surface area contributed by atoms with E-state index in [-0.39, 0.29) is 0 Å². The average Bonchev–Trinajstić information content (AvgIpc) is 2.88. The lowest BCUT2D eigenvalue weighted by Crippen LogP contribution is -2.20. The number of hydrogen-bond donors (Lipinski definition) is 1. The Bertz CT molecular complexity index is 365. The van der Waals surface area contributed by atoms with Crippen LogP contribution in [0, 0.1) is 0 Å². The second kappa shape index (κ2) is 7.78. The van der Waals surface area contributed by atoms with E-state index in [1.807, 2.05) is 11.8 Å². The van der Waals surface area contributed by atoms with E-state index in [4.69, 9.17) is 11.6 Å². The van der Waals surface area contributed by atoms with Gasteiger partial charge in [0.05, 0.1) is 4.34 Å². The second-order valence-corrected chi connectivity index (χ2v) is 7.64. The fourth-order valence-electron chi connectivity index (χ4n) is 2.54. The van der Waals surface area contributed by atoms with Gasteiger partial charge in [-0.25, -0.2) is 0 Å². The molecule has 1 aromatic rings. The van der Waals surface area contributed by atoms with Crippen LogP contribution in [0.25, 0.3) is 0 Å². The van der Waals surface area contributed by atoms with Crippen LogP contribution in [0.3, 0.4) is 0 Å². The smallest absolute Gasteiger partial charge is 0.0934 e. The molecule has 0 saturated carbocycles. The molecule has 1 unspecified atom stereocenters. The number of rotatable bonds is 8. The van der Waals surface area contributed by atoms with Gasteiger partial charge in [0.1, 0.15) is 0 Å². The highest BCUT2D eigenvalue weighted by Gasteiger charge is 2.24. The quantitative estimate of drug-likeness (QED) is 0.685. The molecule has 1 N–H and O–H groups in total. The van der Waals surface area contributed by atoms with E-state index in [0.717, 1.165) is 10.9 Å². The molecule has 1 heterocycles. The van der Waals surface area contributed by atoms with Crippen molar-refractivity contribution in [3.8, 4) is 0 Å². The highest BCUT2D eigenvalue weighted by atomic mass is 35.5. The highest BCUT2D eigenvalue weighted by Crippen LogP contribution is 2.39. The number of aryl methyl sites for hydroxylation is 1. The fraction of sp³-hybridized carbons (Fsp3) is 0.714. The van der Waals surface area contributed by atoms with Crippen molar-refractivity contribution in [2.45, 2.75) is 44.6 Å². The van der Waals surface area contributed by atoms with Gasteiger partial charge in [-0.15, -0.1) is 11.3 Å². The molecule has 0 aromatic carbocycles. The molecule has 102 valence electrons. The minimum absolute atomic E-state index is 0.565. The van der Waals surface area contributed by atoms with Gasteiger partial charge in [0, 0.05) is 10.9 Å². The Morgan fingerprint density at radius 3 is 3.06 bits per heavy atom. The third kappa shape index (κ3) is 4.16. The summed E-state index contributed by atoms with van der Waals surface area (Å²) in [7, 11) is 0. The molecule has 1 nitrogen and oxygen atoms in total. The molecule has 0 saturated heterocycles. The number of halogens is 1. The first kappa shape index (κ1) is 14.7. The van der Waals surface area contributed by atoms with E-state index in [1.54, 1.807) is 11.3 Å². The standard InChI is InChI=1S/C14H22ClNS2/c1-17-9-5-3-2-4-8-16-12-6-7-13-11(12)10-14(15)18-13/h10,12,16H,2-9H2,1H3. The SMILES string of the molecule is CSCCCCCCNC1CCc2sc(Cl)cc21. The number of nitrogens with one attached hydrogen (secondary N) is 1. The van der Waals surface area contributed by atoms with Crippen LogP contribution in [0.2, 0.25) is 4.34 Å². The zero-order chi connectivity index (χ0) is 12.8. The van der Waals surface area contributed by atoms with Crippen molar-refractivity contribution in [3.05, 3.63) is 20.8 Å². The molecular weight excluding hydrogens is 282 g/mol. The summed E-state index contributed by atoms with van der Waals surface area (Å²) >= 11 is 9.77. The minimum atomic E-state index is 0.565. The van der Waals surface area contributed by atoms with E-state index in [2.05, 4.69) is 17.6 Å². The molecule has 1 aliphatic rings. The normalized spacial score (nSPS) is 18.2. The Kier molecular flexibility index (Phi) is 6.36. The van der Waals surface area contributed by atoms with Gasteiger partial charge in [0.25, 0.3) is 0 Å². The molecule has 0 amide bonds. The third-order valence-corrected chi connectivity index (χ3v) is 5.55. The summed E-state index contributed by atoms with van der Waals surface area (Å²) in [4.78, 5) is 1.50. The predicted octanol–water partition coefficient (Wildman–Crippen LogP) is 4.90. The van der Waals surface area contributed by atoms with E-state index < -0.39 is 0 Å². The number of hydrogen-bond acceptors (Lipinski definition) is 3. The molecule has 0 spiro atoms. The van der Waals surface area contributed by atoms with Crippen LogP contribution < -0.4 is 5.32 Å². The number of fused-ring (bicyclic) bond motifs is 1. The van der Waals surface area contributed by atoms with E-state index in [0.29, 0.717) is 6.04 Å². The van der Waals surface area contributed by atoms with Crippen molar-refractivity contribution in [3.63, 3.8) is 0 Å². The van der Waals surface area contributed by atoms with Crippen molar-refractivity contribution in [2.75, 3.05) is 18.6 Å². The van der Waals surface area contributed by atoms with Crippen LogP contribution in [-0.4, -0.2) is 18.6 Å². The topological polar surface area (TPSA) is 12.0 Å². The molecule has 0 fully saturated rings. The molecule has 0 aliphatic heterocycles. The maximum atomic E-state index is 6.06. The maximum absolute atomic E-state index is 6.06. The van der Waals surface area contributed by atoms with Crippen molar-refractivity contribution in [2.24, 2.45) is 0 Å². The minimum Gasteiger partial charge on any atom is -0.310 e. The van der Waals surface area contributed by atoms with Gasteiger partial charge in [0.15, 0.2) is 0 Å². The first-order valence-electron chi connectivity index (χ1n) is 6.81. The molecule has 1 aromatic heterocycles. The lowest BCUT2D eigenvalue weighted by molar-refractivity contribution is 0.506. The van der Waals surface area contributed by atoms with Crippen molar-refractivity contribution in [1.29, 1.82) is 0 Å². The Hall–Kier alpha value is 0.300. The molecule has 18 heavy (non-hydrogen) atoms. The first-order valence-corrected chi connectivity index (χ1v) is 9.40. The van der Waals surface area contributed by atoms with Crippen molar-refractivity contribution >= 4 is 34.7 Å². The number of thiophene rings is 1. The Morgan fingerprint density at radius 2 is 2.22 bits per heavy atom. The van der Waals surface area contributed by atoms with Crippen LogP contribution >= 0.6 is 34.7 Å².